The molecule has 1 amide bonds. The average molecular weight is 374 g/mol. The van der Waals surface area contributed by atoms with E-state index in [0.29, 0.717) is 18.7 Å². The van der Waals surface area contributed by atoms with Crippen LogP contribution in [0.2, 0.25) is 0 Å². The second-order valence-electron chi connectivity index (χ2n) is 6.80. The summed E-state index contributed by atoms with van der Waals surface area (Å²) in [6.07, 6.45) is 5.42. The third-order valence-electron chi connectivity index (χ3n) is 4.73. The SMILES string of the molecule is CCn1ncc2c(C(=O)N(C)Cc3cnn(C)c3)cc(-c3ccccc3)nc21. The van der Waals surface area contributed by atoms with Crippen LogP contribution in [0.3, 0.4) is 0 Å². The van der Waals surface area contributed by atoms with Crippen LogP contribution < -0.4 is 0 Å². The van der Waals surface area contributed by atoms with Crippen LogP contribution >= 0.6 is 0 Å². The lowest BCUT2D eigenvalue weighted by molar-refractivity contribution is 0.0787. The van der Waals surface area contributed by atoms with E-state index in [4.69, 9.17) is 4.98 Å². The number of benzene rings is 1. The van der Waals surface area contributed by atoms with Crippen LogP contribution in [0.25, 0.3) is 22.3 Å². The molecule has 0 saturated heterocycles. The van der Waals surface area contributed by atoms with Crippen LogP contribution in [0.15, 0.2) is 55.0 Å². The van der Waals surface area contributed by atoms with Crippen LogP contribution in [-0.4, -0.2) is 42.4 Å². The number of hydrogen-bond acceptors (Lipinski definition) is 4. The first kappa shape index (κ1) is 17.9. The summed E-state index contributed by atoms with van der Waals surface area (Å²) >= 11 is 0. The van der Waals surface area contributed by atoms with E-state index >= 15 is 0 Å². The highest BCUT2D eigenvalue weighted by Gasteiger charge is 2.20. The molecule has 0 radical (unpaired) electrons. The summed E-state index contributed by atoms with van der Waals surface area (Å²) in [6.45, 7) is 3.19. The zero-order chi connectivity index (χ0) is 19.7. The largest absolute Gasteiger partial charge is 0.337 e. The molecule has 0 aliphatic carbocycles. The number of carbonyl (C=O) groups excluding carboxylic acids is 1. The maximum atomic E-state index is 13.3. The molecular weight excluding hydrogens is 352 g/mol. The fraction of sp³-hybridized carbons (Fsp3) is 0.238. The number of pyridine rings is 1. The lowest BCUT2D eigenvalue weighted by Gasteiger charge is -2.17. The molecule has 7 nitrogen and oxygen atoms in total. The molecule has 0 N–H and O–H groups in total. The Morgan fingerprint density at radius 2 is 1.93 bits per heavy atom. The van der Waals surface area contributed by atoms with E-state index < -0.39 is 0 Å². The number of carbonyl (C=O) groups is 1. The van der Waals surface area contributed by atoms with Gasteiger partial charge in [-0.25, -0.2) is 9.67 Å². The molecule has 7 heteroatoms. The van der Waals surface area contributed by atoms with Crippen molar-refractivity contribution in [2.45, 2.75) is 20.0 Å². The Hall–Kier alpha value is -3.48. The van der Waals surface area contributed by atoms with Gasteiger partial charge in [0, 0.05) is 44.5 Å². The molecule has 0 aliphatic heterocycles. The third kappa shape index (κ3) is 3.26. The van der Waals surface area contributed by atoms with Gasteiger partial charge in [-0.2, -0.15) is 10.2 Å². The van der Waals surface area contributed by atoms with Gasteiger partial charge in [0.2, 0.25) is 0 Å². The highest BCUT2D eigenvalue weighted by molar-refractivity contribution is 6.06. The number of aromatic nitrogens is 5. The van der Waals surface area contributed by atoms with Gasteiger partial charge < -0.3 is 4.90 Å². The highest BCUT2D eigenvalue weighted by atomic mass is 16.2. The first-order valence-electron chi connectivity index (χ1n) is 9.21. The molecule has 0 saturated carbocycles. The molecule has 0 spiro atoms. The maximum absolute atomic E-state index is 13.3. The Balaban J connectivity index is 1.78. The lowest BCUT2D eigenvalue weighted by atomic mass is 10.1. The summed E-state index contributed by atoms with van der Waals surface area (Å²) in [7, 11) is 3.66. The number of aryl methyl sites for hydroxylation is 2. The van der Waals surface area contributed by atoms with Gasteiger partial charge in [0.15, 0.2) is 5.65 Å². The fourth-order valence-electron chi connectivity index (χ4n) is 3.32. The van der Waals surface area contributed by atoms with E-state index in [1.807, 2.05) is 61.2 Å². The number of nitrogens with zero attached hydrogens (tertiary/aromatic N) is 6. The minimum atomic E-state index is -0.0657. The molecule has 0 atom stereocenters. The molecule has 3 heterocycles. The van der Waals surface area contributed by atoms with Crippen LogP contribution in [0.4, 0.5) is 0 Å². The molecule has 0 unspecified atom stereocenters. The quantitative estimate of drug-likeness (QED) is 0.538. The average Bonchev–Trinajstić information content (AvgIpc) is 3.32. The number of fused-ring (bicyclic) bond motifs is 1. The molecule has 3 aromatic heterocycles. The van der Waals surface area contributed by atoms with Crippen LogP contribution in [-0.2, 0) is 20.1 Å². The predicted molar refractivity (Wildman–Crippen MR) is 108 cm³/mol. The van der Waals surface area contributed by atoms with Crippen LogP contribution in [0.5, 0.6) is 0 Å². The van der Waals surface area contributed by atoms with Gasteiger partial charge in [-0.15, -0.1) is 0 Å². The molecule has 0 bridgehead atoms. The summed E-state index contributed by atoms with van der Waals surface area (Å²) in [4.78, 5) is 19.8. The Morgan fingerprint density at radius 3 is 2.61 bits per heavy atom. The Bertz CT molecular complexity index is 1130. The minimum absolute atomic E-state index is 0.0657. The van der Waals surface area contributed by atoms with E-state index in [-0.39, 0.29) is 5.91 Å². The monoisotopic (exact) mass is 374 g/mol. The number of rotatable bonds is 5. The fourth-order valence-corrected chi connectivity index (χ4v) is 3.32. The van der Waals surface area contributed by atoms with Crippen molar-refractivity contribution in [3.05, 3.63) is 66.1 Å². The molecule has 4 aromatic rings. The summed E-state index contributed by atoms with van der Waals surface area (Å²) < 4.78 is 3.55. The third-order valence-corrected chi connectivity index (χ3v) is 4.73. The molecule has 0 aliphatic rings. The topological polar surface area (TPSA) is 68.8 Å². The number of amides is 1. The van der Waals surface area contributed by atoms with Crippen LogP contribution in [0, 0.1) is 0 Å². The Kier molecular flexibility index (Phi) is 4.65. The van der Waals surface area contributed by atoms with E-state index in [1.165, 1.54) is 0 Å². The molecule has 28 heavy (non-hydrogen) atoms. The van der Waals surface area contributed by atoms with Gasteiger partial charge in [-0.3, -0.25) is 9.48 Å². The second-order valence-corrected chi connectivity index (χ2v) is 6.80. The maximum Gasteiger partial charge on any atom is 0.254 e. The van der Waals surface area contributed by atoms with Crippen molar-refractivity contribution < 1.29 is 4.79 Å². The zero-order valence-electron chi connectivity index (χ0n) is 16.2. The van der Waals surface area contributed by atoms with Crippen LogP contribution in [0.1, 0.15) is 22.8 Å². The van der Waals surface area contributed by atoms with E-state index in [1.54, 1.807) is 29.0 Å². The van der Waals surface area contributed by atoms with Gasteiger partial charge >= 0.3 is 0 Å². The second kappa shape index (κ2) is 7.26. The minimum Gasteiger partial charge on any atom is -0.337 e. The van der Waals surface area contributed by atoms with E-state index in [2.05, 4.69) is 10.2 Å². The molecule has 142 valence electrons. The van der Waals surface area contributed by atoms with Crippen molar-refractivity contribution in [3.63, 3.8) is 0 Å². The predicted octanol–water partition coefficient (Wildman–Crippen LogP) is 3.12. The van der Waals surface area contributed by atoms with Gasteiger partial charge in [0.05, 0.1) is 29.0 Å². The molecular formula is C21H22N6O. The van der Waals surface area contributed by atoms with Gasteiger partial charge in [-0.05, 0) is 13.0 Å². The first-order chi connectivity index (χ1) is 13.6. The summed E-state index contributed by atoms with van der Waals surface area (Å²) in [5.74, 6) is -0.0657. The number of hydrogen-bond donors (Lipinski definition) is 0. The summed E-state index contributed by atoms with van der Waals surface area (Å²) in [5.41, 5.74) is 4.05. The lowest BCUT2D eigenvalue weighted by Crippen LogP contribution is -2.26. The molecule has 4 rings (SSSR count). The molecule has 1 aromatic carbocycles. The van der Waals surface area contributed by atoms with Crippen molar-refractivity contribution in [2.24, 2.45) is 7.05 Å². The van der Waals surface area contributed by atoms with Crippen molar-refractivity contribution in [1.82, 2.24) is 29.4 Å². The normalized spacial score (nSPS) is 11.1. The first-order valence-corrected chi connectivity index (χ1v) is 9.21. The Labute approximate surface area is 163 Å². The van der Waals surface area contributed by atoms with E-state index in [9.17, 15) is 4.79 Å². The highest BCUT2D eigenvalue weighted by Crippen LogP contribution is 2.26. The summed E-state index contributed by atoms with van der Waals surface area (Å²) in [6, 6.07) is 11.7. The van der Waals surface area contributed by atoms with Crippen molar-refractivity contribution in [2.75, 3.05) is 7.05 Å². The Morgan fingerprint density at radius 1 is 1.14 bits per heavy atom. The van der Waals surface area contributed by atoms with Gasteiger partial charge in [0.25, 0.3) is 5.91 Å². The van der Waals surface area contributed by atoms with E-state index in [0.717, 1.165) is 27.9 Å². The molecule has 0 fully saturated rings. The van der Waals surface area contributed by atoms with Crippen molar-refractivity contribution in [3.8, 4) is 11.3 Å². The smallest absolute Gasteiger partial charge is 0.254 e. The van der Waals surface area contributed by atoms with Crippen molar-refractivity contribution in [1.29, 1.82) is 0 Å². The standard InChI is InChI=1S/C21H22N6O/c1-4-27-20-18(12-23-27)17(10-19(24-20)16-8-6-5-7-9-16)21(28)25(2)13-15-11-22-26(3)14-15/h5-12,14H,4,13H2,1-3H3. The zero-order valence-corrected chi connectivity index (χ0v) is 16.2. The van der Waals surface area contributed by atoms with Gasteiger partial charge in [-0.1, -0.05) is 30.3 Å². The van der Waals surface area contributed by atoms with Gasteiger partial charge in [0.1, 0.15) is 0 Å². The summed E-state index contributed by atoms with van der Waals surface area (Å²) in [5, 5.41) is 9.35. The van der Waals surface area contributed by atoms with Crippen molar-refractivity contribution >= 4 is 16.9 Å².